The molecule has 1 amide bonds. The Kier molecular flexibility index (Phi) is 5.43. The summed E-state index contributed by atoms with van der Waals surface area (Å²) in [5, 5.41) is 8.26. The van der Waals surface area contributed by atoms with E-state index in [0.29, 0.717) is 18.0 Å². The van der Waals surface area contributed by atoms with Gasteiger partial charge in [0.25, 0.3) is 0 Å². The van der Waals surface area contributed by atoms with Crippen LogP contribution < -0.4 is 5.32 Å². The Morgan fingerprint density at radius 2 is 1.85 bits per heavy atom. The molecule has 0 aliphatic carbocycles. The number of benzene rings is 2. The van der Waals surface area contributed by atoms with Crippen molar-refractivity contribution in [2.45, 2.75) is 33.7 Å². The fourth-order valence-electron chi connectivity index (χ4n) is 3.00. The van der Waals surface area contributed by atoms with E-state index in [1.165, 1.54) is 0 Å². The lowest BCUT2D eigenvalue weighted by Crippen LogP contribution is -2.25. The van der Waals surface area contributed by atoms with Crippen LogP contribution in [0, 0.1) is 20.8 Å². The van der Waals surface area contributed by atoms with Gasteiger partial charge in [0, 0.05) is 22.8 Å². The average molecular weight is 368 g/mol. The van der Waals surface area contributed by atoms with Gasteiger partial charge in [-0.1, -0.05) is 35.9 Å². The number of carbonyl (C=O) groups excluding carboxylic acids is 1. The van der Waals surface area contributed by atoms with E-state index in [9.17, 15) is 4.79 Å². The average Bonchev–Trinajstić information content (AvgIpc) is 2.91. The zero-order chi connectivity index (χ0) is 18.7. The normalized spacial score (nSPS) is 10.8. The van der Waals surface area contributed by atoms with E-state index in [2.05, 4.69) is 10.4 Å². The molecule has 3 rings (SSSR count). The Bertz CT molecular complexity index is 932. The van der Waals surface area contributed by atoms with Crippen molar-refractivity contribution in [3.8, 4) is 5.69 Å². The first-order valence-corrected chi connectivity index (χ1v) is 8.95. The van der Waals surface area contributed by atoms with Gasteiger partial charge in [0.2, 0.25) is 5.91 Å². The number of carbonyl (C=O) groups is 1. The van der Waals surface area contributed by atoms with Crippen LogP contribution >= 0.6 is 11.6 Å². The van der Waals surface area contributed by atoms with Crippen molar-refractivity contribution < 1.29 is 4.79 Å². The van der Waals surface area contributed by atoms with Crippen LogP contribution in [0.5, 0.6) is 0 Å². The van der Waals surface area contributed by atoms with Crippen LogP contribution in [-0.4, -0.2) is 15.7 Å². The minimum absolute atomic E-state index is 0.0248. The van der Waals surface area contributed by atoms with Gasteiger partial charge in [-0.15, -0.1) is 0 Å². The molecule has 134 valence electrons. The highest BCUT2D eigenvalue weighted by Gasteiger charge is 2.16. The molecule has 1 N–H and O–H groups in total. The molecule has 0 fully saturated rings. The van der Waals surface area contributed by atoms with Crippen molar-refractivity contribution in [2.24, 2.45) is 0 Å². The first-order valence-electron chi connectivity index (χ1n) is 8.58. The molecule has 0 unspecified atom stereocenters. The molecule has 2 aromatic carbocycles. The number of halogens is 1. The molecule has 0 bridgehead atoms. The van der Waals surface area contributed by atoms with Crippen LogP contribution in [0.2, 0.25) is 5.02 Å². The molecule has 1 aromatic heterocycles. The highest BCUT2D eigenvalue weighted by Crippen LogP contribution is 2.19. The van der Waals surface area contributed by atoms with E-state index in [1.807, 2.05) is 74.0 Å². The molecule has 0 aliphatic rings. The van der Waals surface area contributed by atoms with Gasteiger partial charge in [-0.3, -0.25) is 4.79 Å². The molecule has 0 radical (unpaired) electrons. The molecule has 0 saturated carbocycles. The third-order valence-corrected chi connectivity index (χ3v) is 4.80. The Labute approximate surface area is 158 Å². The van der Waals surface area contributed by atoms with Crippen molar-refractivity contribution in [2.75, 3.05) is 0 Å². The molecule has 0 saturated heterocycles. The van der Waals surface area contributed by atoms with E-state index < -0.39 is 0 Å². The Morgan fingerprint density at radius 3 is 2.58 bits per heavy atom. The largest absolute Gasteiger partial charge is 0.352 e. The van der Waals surface area contributed by atoms with E-state index in [0.717, 1.165) is 33.8 Å². The fourth-order valence-corrected chi connectivity index (χ4v) is 3.19. The fraction of sp³-hybridized carbons (Fsp3) is 0.238. The van der Waals surface area contributed by atoms with Gasteiger partial charge in [0.1, 0.15) is 0 Å². The summed E-state index contributed by atoms with van der Waals surface area (Å²) in [7, 11) is 0. The second-order valence-electron chi connectivity index (χ2n) is 6.42. The maximum absolute atomic E-state index is 12.5. The smallest absolute Gasteiger partial charge is 0.224 e. The SMILES string of the molecule is Cc1ccc(Cl)cc1CNC(=O)Cc1c(C)nn(-c2ccccc2)c1C. The molecule has 0 aliphatic heterocycles. The molecule has 0 atom stereocenters. The first kappa shape index (κ1) is 18.2. The van der Waals surface area contributed by atoms with Crippen molar-refractivity contribution in [3.63, 3.8) is 0 Å². The third-order valence-electron chi connectivity index (χ3n) is 4.57. The van der Waals surface area contributed by atoms with Gasteiger partial charge in [-0.2, -0.15) is 5.10 Å². The van der Waals surface area contributed by atoms with Crippen molar-refractivity contribution in [1.29, 1.82) is 0 Å². The topological polar surface area (TPSA) is 46.9 Å². The molecule has 1 heterocycles. The number of para-hydroxylation sites is 1. The summed E-state index contributed by atoms with van der Waals surface area (Å²) in [5.74, 6) is -0.0248. The Hall–Kier alpha value is -2.59. The van der Waals surface area contributed by atoms with Gasteiger partial charge in [-0.05, 0) is 56.2 Å². The second kappa shape index (κ2) is 7.75. The summed E-state index contributed by atoms with van der Waals surface area (Å²) in [4.78, 5) is 12.5. The zero-order valence-corrected chi connectivity index (χ0v) is 16.0. The van der Waals surface area contributed by atoms with Crippen LogP contribution in [0.3, 0.4) is 0 Å². The van der Waals surface area contributed by atoms with Gasteiger partial charge in [0.15, 0.2) is 0 Å². The van der Waals surface area contributed by atoms with Gasteiger partial charge in [-0.25, -0.2) is 4.68 Å². The first-order chi connectivity index (χ1) is 12.5. The summed E-state index contributed by atoms with van der Waals surface area (Å²) >= 11 is 6.04. The van der Waals surface area contributed by atoms with E-state index in [1.54, 1.807) is 0 Å². The predicted molar refractivity (Wildman–Crippen MR) is 105 cm³/mol. The highest BCUT2D eigenvalue weighted by atomic mass is 35.5. The second-order valence-corrected chi connectivity index (χ2v) is 6.86. The summed E-state index contributed by atoms with van der Waals surface area (Å²) in [6.45, 7) is 6.42. The number of aryl methyl sites for hydroxylation is 2. The number of nitrogens with one attached hydrogen (secondary N) is 1. The van der Waals surface area contributed by atoms with Crippen molar-refractivity contribution in [3.05, 3.63) is 81.6 Å². The maximum Gasteiger partial charge on any atom is 0.224 e. The molecule has 3 aromatic rings. The van der Waals surface area contributed by atoms with Gasteiger partial charge < -0.3 is 5.32 Å². The summed E-state index contributed by atoms with van der Waals surface area (Å²) in [6, 6.07) is 15.6. The van der Waals surface area contributed by atoms with Crippen LogP contribution in [0.25, 0.3) is 5.69 Å². The van der Waals surface area contributed by atoms with Crippen LogP contribution in [0.1, 0.15) is 28.1 Å². The number of amides is 1. The number of hydrogen-bond acceptors (Lipinski definition) is 2. The monoisotopic (exact) mass is 367 g/mol. The molecule has 0 spiro atoms. The van der Waals surface area contributed by atoms with E-state index in [-0.39, 0.29) is 5.91 Å². The summed E-state index contributed by atoms with van der Waals surface area (Å²) < 4.78 is 1.89. The summed E-state index contributed by atoms with van der Waals surface area (Å²) in [6.07, 6.45) is 0.310. The maximum atomic E-state index is 12.5. The van der Waals surface area contributed by atoms with Crippen molar-refractivity contribution in [1.82, 2.24) is 15.1 Å². The lowest BCUT2D eigenvalue weighted by Gasteiger charge is -2.09. The molecular formula is C21H22ClN3O. The standard InChI is InChI=1S/C21H22ClN3O/c1-14-9-10-18(22)11-17(14)13-23-21(26)12-20-15(2)24-25(16(20)3)19-7-5-4-6-8-19/h4-11H,12-13H2,1-3H3,(H,23,26). The minimum atomic E-state index is -0.0248. The van der Waals surface area contributed by atoms with Crippen molar-refractivity contribution >= 4 is 17.5 Å². The molecule has 5 heteroatoms. The van der Waals surface area contributed by atoms with E-state index >= 15 is 0 Å². The Balaban J connectivity index is 1.72. The van der Waals surface area contributed by atoms with Crippen LogP contribution in [0.4, 0.5) is 0 Å². The van der Waals surface area contributed by atoms with Gasteiger partial charge in [0.05, 0.1) is 17.8 Å². The number of rotatable bonds is 5. The highest BCUT2D eigenvalue weighted by molar-refractivity contribution is 6.30. The third kappa shape index (κ3) is 3.97. The zero-order valence-electron chi connectivity index (χ0n) is 15.2. The quantitative estimate of drug-likeness (QED) is 0.730. The lowest BCUT2D eigenvalue weighted by atomic mass is 10.1. The van der Waals surface area contributed by atoms with Crippen LogP contribution in [-0.2, 0) is 17.8 Å². The number of nitrogens with zero attached hydrogens (tertiary/aromatic N) is 2. The van der Waals surface area contributed by atoms with Gasteiger partial charge >= 0.3 is 0 Å². The molecular weight excluding hydrogens is 346 g/mol. The summed E-state index contributed by atoms with van der Waals surface area (Å²) in [5.41, 5.74) is 5.96. The number of aromatic nitrogens is 2. The minimum Gasteiger partial charge on any atom is -0.352 e. The van der Waals surface area contributed by atoms with Crippen LogP contribution in [0.15, 0.2) is 48.5 Å². The number of hydrogen-bond donors (Lipinski definition) is 1. The predicted octanol–water partition coefficient (Wildman–Crippen LogP) is 4.31. The van der Waals surface area contributed by atoms with E-state index in [4.69, 9.17) is 11.6 Å². The Morgan fingerprint density at radius 1 is 1.12 bits per heavy atom. The molecule has 4 nitrogen and oxygen atoms in total. The molecule has 26 heavy (non-hydrogen) atoms. The lowest BCUT2D eigenvalue weighted by molar-refractivity contribution is -0.120.